The molecule has 1 aromatic carbocycles. The third-order valence-corrected chi connectivity index (χ3v) is 4.71. The van der Waals surface area contributed by atoms with Crippen molar-refractivity contribution in [1.82, 2.24) is 4.90 Å². The van der Waals surface area contributed by atoms with Gasteiger partial charge in [-0.25, -0.2) is 0 Å². The highest BCUT2D eigenvalue weighted by Crippen LogP contribution is 2.24. The van der Waals surface area contributed by atoms with E-state index in [0.717, 1.165) is 38.5 Å². The molecule has 0 aliphatic heterocycles. The second kappa shape index (κ2) is 9.89. The molecule has 7 heteroatoms. The molecule has 0 unspecified atom stereocenters. The van der Waals surface area contributed by atoms with E-state index in [4.69, 9.17) is 4.74 Å². The first-order chi connectivity index (χ1) is 12.5. The number of benzene rings is 1. The van der Waals surface area contributed by atoms with Crippen molar-refractivity contribution in [2.75, 3.05) is 13.2 Å². The Labute approximate surface area is 153 Å². The van der Waals surface area contributed by atoms with Crippen LogP contribution in [0.15, 0.2) is 24.3 Å². The highest BCUT2D eigenvalue weighted by Gasteiger charge is 2.26. The summed E-state index contributed by atoms with van der Waals surface area (Å²) in [4.78, 5) is 36.8. The van der Waals surface area contributed by atoms with Gasteiger partial charge in [0.25, 0.3) is 11.6 Å². The number of esters is 1. The number of hydrogen-bond donors (Lipinski definition) is 0. The van der Waals surface area contributed by atoms with Crippen LogP contribution in [0.3, 0.4) is 0 Å². The number of hydrogen-bond acceptors (Lipinski definition) is 5. The van der Waals surface area contributed by atoms with E-state index >= 15 is 0 Å². The molecule has 1 fully saturated rings. The summed E-state index contributed by atoms with van der Waals surface area (Å²) in [5.41, 5.74) is 0.359. The minimum Gasteiger partial charge on any atom is -0.466 e. The first-order valence-electron chi connectivity index (χ1n) is 9.24. The molecule has 26 heavy (non-hydrogen) atoms. The molecule has 0 radical (unpaired) electrons. The molecule has 1 amide bonds. The standard InChI is InChI=1S/C19H26N2O5/c1-2-26-18(22)13-14-20(16-7-5-3-4-6-8-16)19(23)15-9-11-17(12-10-15)21(24)25/h9-12,16H,2-8,13-14H2,1H3. The Kier molecular flexibility index (Phi) is 7.56. The summed E-state index contributed by atoms with van der Waals surface area (Å²) in [5.74, 6) is -0.501. The number of carbonyl (C=O) groups is 2. The maximum Gasteiger partial charge on any atom is 0.307 e. The van der Waals surface area contributed by atoms with Crippen molar-refractivity contribution in [2.24, 2.45) is 0 Å². The van der Waals surface area contributed by atoms with Crippen LogP contribution in [0.1, 0.15) is 62.2 Å². The molecule has 142 valence electrons. The van der Waals surface area contributed by atoms with Gasteiger partial charge in [-0.05, 0) is 31.9 Å². The van der Waals surface area contributed by atoms with Gasteiger partial charge < -0.3 is 9.64 Å². The molecule has 2 rings (SSSR count). The smallest absolute Gasteiger partial charge is 0.307 e. The van der Waals surface area contributed by atoms with Gasteiger partial charge in [0.1, 0.15) is 0 Å². The number of rotatable bonds is 7. The van der Waals surface area contributed by atoms with Gasteiger partial charge in [0.05, 0.1) is 18.0 Å². The van der Waals surface area contributed by atoms with E-state index in [-0.39, 0.29) is 30.0 Å². The summed E-state index contributed by atoms with van der Waals surface area (Å²) in [6.45, 7) is 2.38. The van der Waals surface area contributed by atoms with E-state index < -0.39 is 4.92 Å². The van der Waals surface area contributed by atoms with Crippen molar-refractivity contribution < 1.29 is 19.2 Å². The summed E-state index contributed by atoms with van der Waals surface area (Å²) < 4.78 is 4.98. The van der Waals surface area contributed by atoms with Crippen LogP contribution in [-0.2, 0) is 9.53 Å². The second-order valence-electron chi connectivity index (χ2n) is 6.50. The van der Waals surface area contributed by atoms with Crippen molar-refractivity contribution in [3.05, 3.63) is 39.9 Å². The fourth-order valence-electron chi connectivity index (χ4n) is 3.36. The second-order valence-corrected chi connectivity index (χ2v) is 6.50. The molecule has 0 aromatic heterocycles. The Morgan fingerprint density at radius 2 is 1.77 bits per heavy atom. The predicted octanol–water partition coefficient (Wildman–Crippen LogP) is 3.71. The van der Waals surface area contributed by atoms with E-state index in [2.05, 4.69) is 0 Å². The maximum atomic E-state index is 13.0. The number of nitro groups is 1. The highest BCUT2D eigenvalue weighted by molar-refractivity contribution is 5.94. The van der Waals surface area contributed by atoms with Gasteiger partial charge in [0.2, 0.25) is 0 Å². The molecule has 0 N–H and O–H groups in total. The van der Waals surface area contributed by atoms with Crippen LogP contribution < -0.4 is 0 Å². The fraction of sp³-hybridized carbons (Fsp3) is 0.579. The molecule has 1 aromatic rings. The van der Waals surface area contributed by atoms with E-state index in [1.54, 1.807) is 11.8 Å². The van der Waals surface area contributed by atoms with Crippen LogP contribution in [-0.4, -0.2) is 40.9 Å². The minimum absolute atomic E-state index is 0.0471. The van der Waals surface area contributed by atoms with Crippen LogP contribution in [0, 0.1) is 10.1 Å². The topological polar surface area (TPSA) is 89.8 Å². The molecule has 1 aliphatic rings. The van der Waals surface area contributed by atoms with Gasteiger partial charge in [-0.15, -0.1) is 0 Å². The van der Waals surface area contributed by atoms with Crippen LogP contribution >= 0.6 is 0 Å². The first-order valence-corrected chi connectivity index (χ1v) is 9.24. The molecule has 0 atom stereocenters. The summed E-state index contributed by atoms with van der Waals surface area (Å²) in [6.07, 6.45) is 6.44. The SMILES string of the molecule is CCOC(=O)CCN(C(=O)c1ccc([N+](=O)[O-])cc1)C1CCCCCC1. The quantitative estimate of drug-likeness (QED) is 0.319. The zero-order valence-electron chi connectivity index (χ0n) is 15.2. The Morgan fingerprint density at radius 1 is 1.15 bits per heavy atom. The van der Waals surface area contributed by atoms with Crippen LogP contribution in [0.2, 0.25) is 0 Å². The van der Waals surface area contributed by atoms with Crippen molar-refractivity contribution in [3.8, 4) is 0 Å². The molecular weight excluding hydrogens is 336 g/mol. The van der Waals surface area contributed by atoms with Gasteiger partial charge in [0.15, 0.2) is 0 Å². The van der Waals surface area contributed by atoms with E-state index in [9.17, 15) is 19.7 Å². The van der Waals surface area contributed by atoms with Gasteiger partial charge >= 0.3 is 5.97 Å². The van der Waals surface area contributed by atoms with Crippen LogP contribution in [0.25, 0.3) is 0 Å². The highest BCUT2D eigenvalue weighted by atomic mass is 16.6. The van der Waals surface area contributed by atoms with Gasteiger partial charge in [-0.2, -0.15) is 0 Å². The van der Waals surface area contributed by atoms with Crippen molar-refractivity contribution in [2.45, 2.75) is 57.9 Å². The van der Waals surface area contributed by atoms with E-state index in [1.807, 2.05) is 0 Å². The van der Waals surface area contributed by atoms with Crippen LogP contribution in [0.5, 0.6) is 0 Å². The largest absolute Gasteiger partial charge is 0.466 e. The molecule has 7 nitrogen and oxygen atoms in total. The van der Waals surface area contributed by atoms with E-state index in [0.29, 0.717) is 18.7 Å². The Morgan fingerprint density at radius 3 is 2.31 bits per heavy atom. The van der Waals surface area contributed by atoms with Crippen LogP contribution in [0.4, 0.5) is 5.69 Å². The zero-order chi connectivity index (χ0) is 18.9. The predicted molar refractivity (Wildman–Crippen MR) is 96.9 cm³/mol. The summed E-state index contributed by atoms with van der Waals surface area (Å²) >= 11 is 0. The zero-order valence-corrected chi connectivity index (χ0v) is 15.2. The Hall–Kier alpha value is -2.44. The fourth-order valence-corrected chi connectivity index (χ4v) is 3.36. The number of non-ortho nitro benzene ring substituents is 1. The minimum atomic E-state index is -0.488. The number of amides is 1. The lowest BCUT2D eigenvalue weighted by molar-refractivity contribution is -0.384. The number of carbonyl (C=O) groups excluding carboxylic acids is 2. The summed E-state index contributed by atoms with van der Waals surface area (Å²) in [7, 11) is 0. The third kappa shape index (κ3) is 5.54. The molecule has 0 bridgehead atoms. The number of nitrogens with zero attached hydrogens (tertiary/aromatic N) is 2. The van der Waals surface area contributed by atoms with Gasteiger partial charge in [0, 0.05) is 30.3 Å². The molecule has 1 aliphatic carbocycles. The molecule has 0 heterocycles. The number of ether oxygens (including phenoxy) is 1. The summed E-state index contributed by atoms with van der Waals surface area (Å²) in [5, 5.41) is 10.8. The monoisotopic (exact) mass is 362 g/mol. The maximum absolute atomic E-state index is 13.0. The average Bonchev–Trinajstić information content (AvgIpc) is 2.91. The lowest BCUT2D eigenvalue weighted by atomic mass is 10.0. The normalized spacial score (nSPS) is 15.1. The van der Waals surface area contributed by atoms with Crippen molar-refractivity contribution in [3.63, 3.8) is 0 Å². The molecule has 1 saturated carbocycles. The Bertz CT molecular complexity index is 621. The van der Waals surface area contributed by atoms with Gasteiger partial charge in [-0.3, -0.25) is 19.7 Å². The van der Waals surface area contributed by atoms with Crippen molar-refractivity contribution >= 4 is 17.6 Å². The summed E-state index contributed by atoms with van der Waals surface area (Å²) in [6, 6.07) is 5.73. The lowest BCUT2D eigenvalue weighted by Gasteiger charge is -2.31. The lowest BCUT2D eigenvalue weighted by Crippen LogP contribution is -2.41. The third-order valence-electron chi connectivity index (χ3n) is 4.71. The molecule has 0 saturated heterocycles. The van der Waals surface area contributed by atoms with E-state index in [1.165, 1.54) is 24.3 Å². The number of nitro benzene ring substituents is 1. The Balaban J connectivity index is 2.15. The first kappa shape index (κ1) is 19.9. The average molecular weight is 362 g/mol. The van der Waals surface area contributed by atoms with Gasteiger partial charge in [-0.1, -0.05) is 25.7 Å². The van der Waals surface area contributed by atoms with Crippen molar-refractivity contribution in [1.29, 1.82) is 0 Å². The molecular formula is C19H26N2O5. The molecule has 0 spiro atoms.